The van der Waals surface area contributed by atoms with Crippen molar-refractivity contribution in [3.8, 4) is 0 Å². The van der Waals surface area contributed by atoms with Gasteiger partial charge in [0.1, 0.15) is 0 Å². The van der Waals surface area contributed by atoms with Crippen LogP contribution in [0.25, 0.3) is 0 Å². The Balaban J connectivity index is 1.81. The fraction of sp³-hybridized carbons (Fsp3) is 0.556. The van der Waals surface area contributed by atoms with E-state index in [2.05, 4.69) is 5.32 Å². The zero-order valence-electron chi connectivity index (χ0n) is 14.1. The van der Waals surface area contributed by atoms with Gasteiger partial charge < -0.3 is 15.3 Å². The van der Waals surface area contributed by atoms with E-state index in [0.29, 0.717) is 13.1 Å². The molecule has 0 bridgehead atoms. The van der Waals surface area contributed by atoms with Gasteiger partial charge in [0.2, 0.25) is 11.8 Å². The maximum atomic E-state index is 12.3. The van der Waals surface area contributed by atoms with Crippen molar-refractivity contribution >= 4 is 23.6 Å². The Morgan fingerprint density at radius 1 is 1.42 bits per heavy atom. The largest absolute Gasteiger partial charge is 0.394 e. The van der Waals surface area contributed by atoms with E-state index >= 15 is 0 Å². The minimum absolute atomic E-state index is 0.0377. The third-order valence-electron chi connectivity index (χ3n) is 4.34. The van der Waals surface area contributed by atoms with Gasteiger partial charge in [-0.25, -0.2) is 0 Å². The average Bonchev–Trinajstić information content (AvgIpc) is 2.98. The molecule has 0 saturated carbocycles. The molecule has 1 saturated heterocycles. The summed E-state index contributed by atoms with van der Waals surface area (Å²) in [6.07, 6.45) is 3.80. The summed E-state index contributed by atoms with van der Waals surface area (Å²) in [7, 11) is 0. The van der Waals surface area contributed by atoms with Crippen molar-refractivity contribution in [1.82, 2.24) is 10.2 Å². The lowest BCUT2D eigenvalue weighted by molar-refractivity contribution is -0.129. The zero-order valence-corrected chi connectivity index (χ0v) is 14.9. The molecule has 2 amide bonds. The number of aliphatic hydroxyl groups excluding tert-OH is 1. The van der Waals surface area contributed by atoms with E-state index in [1.54, 1.807) is 16.7 Å². The van der Waals surface area contributed by atoms with E-state index in [1.807, 2.05) is 36.6 Å². The van der Waals surface area contributed by atoms with E-state index in [1.165, 1.54) is 5.56 Å². The first-order chi connectivity index (χ1) is 11.6. The van der Waals surface area contributed by atoms with Crippen LogP contribution in [0.2, 0.25) is 0 Å². The smallest absolute Gasteiger partial charge is 0.225 e. The Hall–Kier alpha value is -1.53. The number of carbonyl (C=O) groups is 2. The highest BCUT2D eigenvalue weighted by atomic mass is 32.2. The Morgan fingerprint density at radius 2 is 2.17 bits per heavy atom. The molecular weight excluding hydrogens is 324 g/mol. The minimum atomic E-state index is -0.309. The third-order valence-corrected chi connectivity index (χ3v) is 4.98. The zero-order chi connectivity index (χ0) is 17.4. The second kappa shape index (κ2) is 9.69. The molecule has 0 spiro atoms. The second-order valence-electron chi connectivity index (χ2n) is 6.15. The first kappa shape index (κ1) is 18.8. The Labute approximate surface area is 147 Å². The Kier molecular flexibility index (Phi) is 7.59. The van der Waals surface area contributed by atoms with Crippen LogP contribution < -0.4 is 5.32 Å². The molecule has 24 heavy (non-hydrogen) atoms. The topological polar surface area (TPSA) is 69.6 Å². The fourth-order valence-electron chi connectivity index (χ4n) is 2.86. The van der Waals surface area contributed by atoms with Gasteiger partial charge in [-0.15, -0.1) is 0 Å². The van der Waals surface area contributed by atoms with E-state index in [4.69, 9.17) is 0 Å². The number of rotatable bonds is 9. The van der Waals surface area contributed by atoms with Crippen LogP contribution in [0, 0.1) is 5.92 Å². The molecule has 0 radical (unpaired) electrons. The van der Waals surface area contributed by atoms with Crippen LogP contribution in [0.5, 0.6) is 0 Å². The van der Waals surface area contributed by atoms with Gasteiger partial charge in [0.25, 0.3) is 0 Å². The van der Waals surface area contributed by atoms with Gasteiger partial charge in [0.05, 0.1) is 18.6 Å². The number of nitrogens with one attached hydrogen (secondary N) is 1. The molecule has 6 heteroatoms. The molecule has 2 rings (SSSR count). The number of hydrogen-bond acceptors (Lipinski definition) is 4. The molecule has 1 aromatic carbocycles. The van der Waals surface area contributed by atoms with Crippen LogP contribution in [0.4, 0.5) is 0 Å². The molecule has 5 nitrogen and oxygen atoms in total. The molecule has 1 aliphatic rings. The lowest BCUT2D eigenvalue weighted by Crippen LogP contribution is -2.42. The molecule has 0 aliphatic carbocycles. The molecule has 2 N–H and O–H groups in total. The highest BCUT2D eigenvalue weighted by molar-refractivity contribution is 7.98. The molecule has 1 aliphatic heterocycles. The van der Waals surface area contributed by atoms with Crippen molar-refractivity contribution in [3.05, 3.63) is 35.9 Å². The van der Waals surface area contributed by atoms with Crippen LogP contribution in [0.3, 0.4) is 0 Å². The average molecular weight is 350 g/mol. The highest BCUT2D eigenvalue weighted by Gasteiger charge is 2.34. The van der Waals surface area contributed by atoms with Gasteiger partial charge >= 0.3 is 0 Å². The van der Waals surface area contributed by atoms with E-state index in [-0.39, 0.29) is 36.8 Å². The van der Waals surface area contributed by atoms with Gasteiger partial charge in [-0.3, -0.25) is 9.59 Å². The number of benzene rings is 1. The normalized spacial score (nSPS) is 18.7. The first-order valence-corrected chi connectivity index (χ1v) is 9.75. The summed E-state index contributed by atoms with van der Waals surface area (Å²) >= 11 is 1.69. The summed E-state index contributed by atoms with van der Waals surface area (Å²) in [6.45, 7) is 1.05. The van der Waals surface area contributed by atoms with Gasteiger partial charge in [-0.05, 0) is 30.4 Å². The number of likely N-dealkylation sites (tertiary alicyclic amines) is 1. The summed E-state index contributed by atoms with van der Waals surface area (Å²) in [5.74, 6) is 0.497. The van der Waals surface area contributed by atoms with E-state index in [0.717, 1.165) is 18.6 Å². The Bertz CT molecular complexity index is 538. The van der Waals surface area contributed by atoms with Crippen LogP contribution in [-0.2, 0) is 16.0 Å². The van der Waals surface area contributed by atoms with Gasteiger partial charge in [0, 0.05) is 19.5 Å². The summed E-state index contributed by atoms with van der Waals surface area (Å²) in [5, 5.41) is 12.2. The lowest BCUT2D eigenvalue weighted by atomic mass is 10.1. The van der Waals surface area contributed by atoms with E-state index < -0.39 is 0 Å². The van der Waals surface area contributed by atoms with E-state index in [9.17, 15) is 14.7 Å². The number of nitrogens with zero attached hydrogens (tertiary/aromatic N) is 1. The molecule has 1 aromatic rings. The molecule has 1 fully saturated rings. The SMILES string of the molecule is CSCCC(CO)NC(=O)C1CC(=O)N(CCc2ccccc2)C1. The van der Waals surface area contributed by atoms with Crippen LogP contribution in [0.1, 0.15) is 18.4 Å². The Morgan fingerprint density at radius 3 is 2.83 bits per heavy atom. The quantitative estimate of drug-likeness (QED) is 0.704. The van der Waals surface area contributed by atoms with Crippen molar-refractivity contribution in [2.75, 3.05) is 31.7 Å². The predicted molar refractivity (Wildman–Crippen MR) is 96.8 cm³/mol. The summed E-state index contributed by atoms with van der Waals surface area (Å²) in [5.41, 5.74) is 1.19. The van der Waals surface area contributed by atoms with Crippen molar-refractivity contribution in [3.63, 3.8) is 0 Å². The predicted octanol–water partition coefficient (Wildman–Crippen LogP) is 1.31. The highest BCUT2D eigenvalue weighted by Crippen LogP contribution is 2.19. The molecule has 1 heterocycles. The maximum absolute atomic E-state index is 12.3. The molecule has 132 valence electrons. The van der Waals surface area contributed by atoms with Gasteiger partial charge in [-0.1, -0.05) is 30.3 Å². The second-order valence-corrected chi connectivity index (χ2v) is 7.13. The van der Waals surface area contributed by atoms with Crippen molar-refractivity contribution in [2.45, 2.75) is 25.3 Å². The summed E-state index contributed by atoms with van der Waals surface area (Å²) in [4.78, 5) is 26.2. The fourth-order valence-corrected chi connectivity index (χ4v) is 3.38. The van der Waals surface area contributed by atoms with Crippen molar-refractivity contribution in [1.29, 1.82) is 0 Å². The van der Waals surface area contributed by atoms with Crippen LogP contribution in [-0.4, -0.2) is 59.6 Å². The van der Waals surface area contributed by atoms with Gasteiger partial charge in [-0.2, -0.15) is 11.8 Å². The number of amides is 2. The first-order valence-electron chi connectivity index (χ1n) is 8.36. The number of thioether (sulfide) groups is 1. The van der Waals surface area contributed by atoms with Gasteiger partial charge in [0.15, 0.2) is 0 Å². The molecule has 2 unspecified atom stereocenters. The van der Waals surface area contributed by atoms with Crippen molar-refractivity contribution in [2.24, 2.45) is 5.92 Å². The van der Waals surface area contributed by atoms with Crippen molar-refractivity contribution < 1.29 is 14.7 Å². The monoisotopic (exact) mass is 350 g/mol. The van der Waals surface area contributed by atoms with Crippen LogP contribution in [0.15, 0.2) is 30.3 Å². The molecule has 0 aromatic heterocycles. The number of carbonyl (C=O) groups excluding carboxylic acids is 2. The standard InChI is InChI=1S/C18H26N2O3S/c1-24-10-8-16(13-21)19-18(23)15-11-17(22)20(12-15)9-7-14-5-3-2-4-6-14/h2-6,15-16,21H,7-13H2,1H3,(H,19,23). The molecule has 2 atom stereocenters. The summed E-state index contributed by atoms with van der Waals surface area (Å²) in [6, 6.07) is 9.81. The van der Waals surface area contributed by atoms with Crippen LogP contribution >= 0.6 is 11.8 Å². The minimum Gasteiger partial charge on any atom is -0.394 e. The third kappa shape index (κ3) is 5.53. The lowest BCUT2D eigenvalue weighted by Gasteiger charge is -2.19. The molecular formula is C18H26N2O3S. The summed E-state index contributed by atoms with van der Waals surface area (Å²) < 4.78 is 0. The number of hydrogen-bond donors (Lipinski definition) is 2. The number of aliphatic hydroxyl groups is 1. The maximum Gasteiger partial charge on any atom is 0.225 e.